The van der Waals surface area contributed by atoms with E-state index in [1.54, 1.807) is 19.9 Å². The number of H-pyrrole nitrogens is 1. The predicted molar refractivity (Wildman–Crippen MR) is 79.6 cm³/mol. The quantitative estimate of drug-likeness (QED) is 0.745. The van der Waals surface area contributed by atoms with Gasteiger partial charge < -0.3 is 15.4 Å². The molecule has 3 N–H and O–H groups in total. The van der Waals surface area contributed by atoms with Crippen molar-refractivity contribution in [2.45, 2.75) is 52.0 Å². The zero-order chi connectivity index (χ0) is 16.2. The van der Waals surface area contributed by atoms with Crippen LogP contribution in [0.4, 0.5) is 0 Å². The lowest BCUT2D eigenvalue weighted by Gasteiger charge is -2.25. The first-order valence-corrected chi connectivity index (χ1v) is 6.89. The molecule has 1 rings (SSSR count). The van der Waals surface area contributed by atoms with Crippen molar-refractivity contribution in [3.8, 4) is 0 Å². The van der Waals surface area contributed by atoms with E-state index in [1.165, 1.54) is 6.07 Å². The number of aromatic amines is 1. The van der Waals surface area contributed by atoms with E-state index >= 15 is 0 Å². The summed E-state index contributed by atoms with van der Waals surface area (Å²) in [5.74, 6) is -1.18. The Bertz CT molecular complexity index is 588. The van der Waals surface area contributed by atoms with E-state index in [2.05, 4.69) is 10.3 Å². The number of carboxylic acids is 1. The van der Waals surface area contributed by atoms with Crippen molar-refractivity contribution in [3.05, 3.63) is 33.7 Å². The van der Waals surface area contributed by atoms with Crippen LogP contribution in [0.15, 0.2) is 16.9 Å². The Balaban J connectivity index is 2.89. The minimum absolute atomic E-state index is 0.0279. The lowest BCUT2D eigenvalue weighted by Crippen LogP contribution is -2.44. The Morgan fingerprint density at radius 1 is 1.33 bits per heavy atom. The highest BCUT2D eigenvalue weighted by molar-refractivity contribution is 5.94. The number of hydrogen-bond acceptors (Lipinski definition) is 3. The molecule has 0 spiro atoms. The number of nitrogens with one attached hydrogen (secondary N) is 2. The molecule has 0 unspecified atom stereocenters. The van der Waals surface area contributed by atoms with Crippen LogP contribution in [0.1, 0.15) is 62.5 Å². The number of carboxylic acid groups (broad SMARTS) is 1. The van der Waals surface area contributed by atoms with E-state index in [9.17, 15) is 14.4 Å². The van der Waals surface area contributed by atoms with Gasteiger partial charge in [0.1, 0.15) is 0 Å². The molecule has 6 heteroatoms. The number of pyridine rings is 1. The van der Waals surface area contributed by atoms with Crippen LogP contribution in [0.25, 0.3) is 0 Å². The van der Waals surface area contributed by atoms with Crippen LogP contribution in [0.3, 0.4) is 0 Å². The third-order valence-corrected chi connectivity index (χ3v) is 3.17. The molecule has 1 aromatic rings. The van der Waals surface area contributed by atoms with Gasteiger partial charge in [0.15, 0.2) is 0 Å². The highest BCUT2D eigenvalue weighted by atomic mass is 16.4. The molecule has 0 bridgehead atoms. The molecule has 1 heterocycles. The zero-order valence-corrected chi connectivity index (χ0v) is 12.8. The average Bonchev–Trinajstić information content (AvgIpc) is 2.35. The summed E-state index contributed by atoms with van der Waals surface area (Å²) >= 11 is 0. The minimum atomic E-state index is -0.907. The lowest BCUT2D eigenvalue weighted by atomic mass is 9.97. The number of hydrogen-bond donors (Lipinski definition) is 3. The molecule has 116 valence electrons. The fourth-order valence-corrected chi connectivity index (χ4v) is 1.87. The van der Waals surface area contributed by atoms with E-state index in [1.807, 2.05) is 13.8 Å². The van der Waals surface area contributed by atoms with Gasteiger partial charge in [0.05, 0.1) is 0 Å². The summed E-state index contributed by atoms with van der Waals surface area (Å²) in [7, 11) is 0. The normalized spacial score (nSPS) is 11.5. The van der Waals surface area contributed by atoms with Crippen molar-refractivity contribution in [1.29, 1.82) is 0 Å². The maximum atomic E-state index is 12.2. The summed E-state index contributed by atoms with van der Waals surface area (Å²) < 4.78 is 0. The first-order valence-electron chi connectivity index (χ1n) is 6.89. The predicted octanol–water partition coefficient (Wildman–Crippen LogP) is 1.87. The number of aliphatic carboxylic acids is 1. The van der Waals surface area contributed by atoms with Gasteiger partial charge in [0.25, 0.3) is 5.91 Å². The molecular weight excluding hydrogens is 272 g/mol. The summed E-state index contributed by atoms with van der Waals surface area (Å²) in [4.78, 5) is 37.1. The lowest BCUT2D eigenvalue weighted by molar-refractivity contribution is -0.137. The third kappa shape index (κ3) is 5.41. The second-order valence-corrected chi connectivity index (χ2v) is 6.08. The highest BCUT2D eigenvalue weighted by Crippen LogP contribution is 2.14. The van der Waals surface area contributed by atoms with Crippen molar-refractivity contribution in [3.63, 3.8) is 0 Å². The molecule has 0 saturated carbocycles. The standard InChI is InChI=1S/C15H22N2O4/c1-9(2)11-7-10(8-12(18)16-11)14(21)17-15(3,4)6-5-13(19)20/h7-9H,5-6H2,1-4H3,(H,16,18)(H,17,21)(H,19,20). The maximum absolute atomic E-state index is 12.2. The zero-order valence-electron chi connectivity index (χ0n) is 12.8. The Morgan fingerprint density at radius 3 is 2.48 bits per heavy atom. The van der Waals surface area contributed by atoms with E-state index in [0.717, 1.165) is 0 Å². The van der Waals surface area contributed by atoms with Crippen molar-refractivity contribution >= 4 is 11.9 Å². The monoisotopic (exact) mass is 294 g/mol. The van der Waals surface area contributed by atoms with Gasteiger partial charge in [0, 0.05) is 29.3 Å². The second-order valence-electron chi connectivity index (χ2n) is 6.08. The van der Waals surface area contributed by atoms with Crippen molar-refractivity contribution in [2.75, 3.05) is 0 Å². The number of aromatic nitrogens is 1. The SMILES string of the molecule is CC(C)c1cc(C(=O)NC(C)(C)CCC(=O)O)cc(=O)[nH]1. The molecular formula is C15H22N2O4. The molecule has 0 radical (unpaired) electrons. The Labute approximate surface area is 123 Å². The first kappa shape index (κ1) is 16.9. The van der Waals surface area contributed by atoms with Gasteiger partial charge in [-0.3, -0.25) is 14.4 Å². The molecule has 6 nitrogen and oxygen atoms in total. The topological polar surface area (TPSA) is 99.3 Å². The van der Waals surface area contributed by atoms with Gasteiger partial charge in [-0.25, -0.2) is 0 Å². The van der Waals surface area contributed by atoms with Crippen molar-refractivity contribution < 1.29 is 14.7 Å². The van der Waals surface area contributed by atoms with Gasteiger partial charge in [-0.05, 0) is 32.3 Å². The largest absolute Gasteiger partial charge is 0.481 e. The molecule has 0 saturated heterocycles. The van der Waals surface area contributed by atoms with E-state index in [0.29, 0.717) is 12.1 Å². The average molecular weight is 294 g/mol. The summed E-state index contributed by atoms with van der Waals surface area (Å²) in [6, 6.07) is 2.89. The Hall–Kier alpha value is -2.11. The third-order valence-electron chi connectivity index (χ3n) is 3.17. The number of carbonyl (C=O) groups is 2. The minimum Gasteiger partial charge on any atom is -0.481 e. The molecule has 0 aromatic carbocycles. The van der Waals surface area contributed by atoms with Gasteiger partial charge >= 0.3 is 5.97 Å². The Morgan fingerprint density at radius 2 is 1.95 bits per heavy atom. The van der Waals surface area contributed by atoms with Gasteiger partial charge in [-0.15, -0.1) is 0 Å². The van der Waals surface area contributed by atoms with Gasteiger partial charge in [-0.2, -0.15) is 0 Å². The van der Waals surface area contributed by atoms with Crippen molar-refractivity contribution in [2.24, 2.45) is 0 Å². The summed E-state index contributed by atoms with van der Waals surface area (Å²) in [6.45, 7) is 7.35. The van der Waals surface area contributed by atoms with Gasteiger partial charge in [0.2, 0.25) is 5.56 Å². The molecule has 21 heavy (non-hydrogen) atoms. The molecule has 1 amide bonds. The molecule has 0 aliphatic heterocycles. The van der Waals surface area contributed by atoms with E-state index in [-0.39, 0.29) is 29.4 Å². The fraction of sp³-hybridized carbons (Fsp3) is 0.533. The van der Waals surface area contributed by atoms with Crippen molar-refractivity contribution in [1.82, 2.24) is 10.3 Å². The van der Waals surface area contributed by atoms with Crippen LogP contribution in [-0.2, 0) is 4.79 Å². The first-order chi connectivity index (χ1) is 9.60. The maximum Gasteiger partial charge on any atom is 0.303 e. The number of amides is 1. The number of rotatable bonds is 6. The fourth-order valence-electron chi connectivity index (χ4n) is 1.87. The number of carbonyl (C=O) groups excluding carboxylic acids is 1. The van der Waals surface area contributed by atoms with E-state index in [4.69, 9.17) is 5.11 Å². The van der Waals surface area contributed by atoms with Crippen LogP contribution in [0.5, 0.6) is 0 Å². The molecule has 0 atom stereocenters. The van der Waals surface area contributed by atoms with Crippen LogP contribution >= 0.6 is 0 Å². The smallest absolute Gasteiger partial charge is 0.303 e. The van der Waals surface area contributed by atoms with Gasteiger partial charge in [-0.1, -0.05) is 13.8 Å². The highest BCUT2D eigenvalue weighted by Gasteiger charge is 2.22. The summed E-state index contributed by atoms with van der Waals surface area (Å²) in [5, 5.41) is 11.5. The molecule has 0 aliphatic rings. The van der Waals surface area contributed by atoms with Crippen LogP contribution in [-0.4, -0.2) is 27.5 Å². The summed E-state index contributed by atoms with van der Waals surface area (Å²) in [5.41, 5.74) is -0.00711. The van der Waals surface area contributed by atoms with Crippen LogP contribution < -0.4 is 10.9 Å². The van der Waals surface area contributed by atoms with E-state index < -0.39 is 11.5 Å². The molecule has 0 fully saturated rings. The molecule has 0 aliphatic carbocycles. The second kappa shape index (κ2) is 6.56. The van der Waals surface area contributed by atoms with Crippen LogP contribution in [0.2, 0.25) is 0 Å². The molecule has 1 aromatic heterocycles. The van der Waals surface area contributed by atoms with Crippen LogP contribution in [0, 0.1) is 0 Å². The Kier molecular flexibility index (Phi) is 5.29. The summed E-state index contributed by atoms with van der Waals surface area (Å²) in [6.07, 6.45) is 0.286.